The van der Waals surface area contributed by atoms with Crippen LogP contribution in [0.3, 0.4) is 0 Å². The maximum Gasteiger partial charge on any atom is 0.200 e. The van der Waals surface area contributed by atoms with Crippen LogP contribution in [0, 0.1) is 0 Å². The van der Waals surface area contributed by atoms with E-state index < -0.39 is 6.29 Å². The third kappa shape index (κ3) is 4.33. The van der Waals surface area contributed by atoms with Gasteiger partial charge in [0.1, 0.15) is 5.82 Å². The van der Waals surface area contributed by atoms with Crippen LogP contribution in [0.1, 0.15) is 31.7 Å². The molecule has 1 heterocycles. The van der Waals surface area contributed by atoms with Gasteiger partial charge in [-0.25, -0.2) is 9.97 Å². The molecule has 0 N–H and O–H groups in total. The molecule has 1 aromatic heterocycles. The first kappa shape index (κ1) is 15.0. The molecule has 18 heavy (non-hydrogen) atoms. The Morgan fingerprint density at radius 2 is 1.89 bits per heavy atom. The van der Waals surface area contributed by atoms with Crippen molar-refractivity contribution in [1.29, 1.82) is 0 Å². The van der Waals surface area contributed by atoms with E-state index in [0.717, 1.165) is 37.6 Å². The van der Waals surface area contributed by atoms with Crippen LogP contribution >= 0.6 is 0 Å². The first-order valence-electron chi connectivity index (χ1n) is 6.34. The minimum atomic E-state index is -0.416. The average Bonchev–Trinajstić information content (AvgIpc) is 2.42. The number of hydrogen-bond donors (Lipinski definition) is 0. The molecule has 0 bridgehead atoms. The summed E-state index contributed by atoms with van der Waals surface area (Å²) in [6, 6.07) is 1.82. The maximum absolute atomic E-state index is 5.19. The Kier molecular flexibility index (Phi) is 6.78. The molecular formula is C13H23N3O2. The highest BCUT2D eigenvalue weighted by atomic mass is 16.7. The summed E-state index contributed by atoms with van der Waals surface area (Å²) in [4.78, 5) is 11.1. The second kappa shape index (κ2) is 8.13. The molecule has 0 unspecified atom stereocenters. The molecule has 0 saturated carbocycles. The van der Waals surface area contributed by atoms with Gasteiger partial charge in [-0.3, -0.25) is 0 Å². The Morgan fingerprint density at radius 1 is 1.22 bits per heavy atom. The molecule has 0 aliphatic heterocycles. The van der Waals surface area contributed by atoms with E-state index in [1.165, 1.54) is 0 Å². The normalized spacial score (nSPS) is 11.4. The summed E-state index contributed by atoms with van der Waals surface area (Å²) in [5.41, 5.74) is 0.768. The van der Waals surface area contributed by atoms with Gasteiger partial charge in [0.15, 0.2) is 0 Å². The molecular weight excluding hydrogens is 230 g/mol. The maximum atomic E-state index is 5.19. The lowest BCUT2D eigenvalue weighted by atomic mass is 10.3. The molecule has 0 amide bonds. The third-order valence-corrected chi connectivity index (χ3v) is 2.94. The molecule has 0 saturated heterocycles. The molecule has 0 spiro atoms. The predicted molar refractivity (Wildman–Crippen MR) is 70.3 cm³/mol. The van der Waals surface area contributed by atoms with Crippen molar-refractivity contribution in [3.8, 4) is 0 Å². The van der Waals surface area contributed by atoms with E-state index in [0.29, 0.717) is 0 Å². The van der Waals surface area contributed by atoms with E-state index in [2.05, 4.69) is 28.7 Å². The Bertz CT molecular complexity index is 339. The van der Waals surface area contributed by atoms with E-state index in [9.17, 15) is 0 Å². The smallest absolute Gasteiger partial charge is 0.200 e. The zero-order valence-corrected chi connectivity index (χ0v) is 11.7. The molecule has 0 radical (unpaired) electrons. The van der Waals surface area contributed by atoms with Crippen molar-refractivity contribution >= 4 is 0 Å². The van der Waals surface area contributed by atoms with Gasteiger partial charge in [0.25, 0.3) is 0 Å². The summed E-state index contributed by atoms with van der Waals surface area (Å²) in [5.74, 6) is 0.832. The van der Waals surface area contributed by atoms with E-state index in [1.807, 2.05) is 6.07 Å². The van der Waals surface area contributed by atoms with Crippen molar-refractivity contribution < 1.29 is 9.47 Å². The minimum Gasteiger partial charge on any atom is -0.350 e. The Labute approximate surface area is 109 Å². The van der Waals surface area contributed by atoms with Gasteiger partial charge in [0.05, 0.1) is 5.69 Å². The standard InChI is InChI=1S/C13H23N3O2/c1-5-16(6-2)10-8-12-14-9-7-11(15-12)13(17-3)18-4/h7,9,13H,5-6,8,10H2,1-4H3. The summed E-state index contributed by atoms with van der Waals surface area (Å²) >= 11 is 0. The lowest BCUT2D eigenvalue weighted by Gasteiger charge is -2.17. The summed E-state index contributed by atoms with van der Waals surface area (Å²) in [6.45, 7) is 7.39. The van der Waals surface area contributed by atoms with Crippen LogP contribution in [-0.4, -0.2) is 48.7 Å². The van der Waals surface area contributed by atoms with E-state index >= 15 is 0 Å². The van der Waals surface area contributed by atoms with Crippen molar-refractivity contribution in [2.75, 3.05) is 33.9 Å². The van der Waals surface area contributed by atoms with Crippen LogP contribution in [0.2, 0.25) is 0 Å². The summed E-state index contributed by atoms with van der Waals surface area (Å²) in [5, 5.41) is 0. The molecule has 0 atom stereocenters. The molecule has 0 aliphatic rings. The van der Waals surface area contributed by atoms with Gasteiger partial charge in [-0.1, -0.05) is 13.8 Å². The minimum absolute atomic E-state index is 0.416. The highest BCUT2D eigenvalue weighted by Crippen LogP contribution is 2.14. The van der Waals surface area contributed by atoms with E-state index in [1.54, 1.807) is 20.4 Å². The number of hydrogen-bond acceptors (Lipinski definition) is 5. The van der Waals surface area contributed by atoms with Crippen molar-refractivity contribution in [1.82, 2.24) is 14.9 Å². The number of aromatic nitrogens is 2. The first-order chi connectivity index (χ1) is 8.74. The fourth-order valence-electron chi connectivity index (χ4n) is 1.80. The molecule has 5 heteroatoms. The molecule has 0 fully saturated rings. The number of ether oxygens (including phenoxy) is 2. The van der Waals surface area contributed by atoms with Crippen molar-refractivity contribution in [2.24, 2.45) is 0 Å². The van der Waals surface area contributed by atoms with Crippen LogP contribution < -0.4 is 0 Å². The molecule has 0 aromatic carbocycles. The molecule has 5 nitrogen and oxygen atoms in total. The van der Waals surface area contributed by atoms with Gasteiger partial charge in [0.2, 0.25) is 6.29 Å². The van der Waals surface area contributed by atoms with Gasteiger partial charge in [-0.15, -0.1) is 0 Å². The summed E-state index contributed by atoms with van der Waals surface area (Å²) in [6.07, 6.45) is 2.18. The largest absolute Gasteiger partial charge is 0.350 e. The highest BCUT2D eigenvalue weighted by Gasteiger charge is 2.11. The van der Waals surface area contributed by atoms with Gasteiger partial charge in [-0.05, 0) is 19.2 Å². The summed E-state index contributed by atoms with van der Waals surface area (Å²) < 4.78 is 10.4. The van der Waals surface area contributed by atoms with Gasteiger partial charge < -0.3 is 14.4 Å². The van der Waals surface area contributed by atoms with Gasteiger partial charge in [-0.2, -0.15) is 0 Å². The average molecular weight is 253 g/mol. The highest BCUT2D eigenvalue weighted by molar-refractivity contribution is 5.04. The summed E-state index contributed by atoms with van der Waals surface area (Å²) in [7, 11) is 3.21. The van der Waals surface area contributed by atoms with E-state index in [-0.39, 0.29) is 0 Å². The second-order valence-electron chi connectivity index (χ2n) is 3.98. The SMILES string of the molecule is CCN(CC)CCc1nccc(C(OC)OC)n1. The van der Waals surface area contributed by atoms with Crippen LogP contribution in [0.15, 0.2) is 12.3 Å². The lowest BCUT2D eigenvalue weighted by molar-refractivity contribution is -0.108. The topological polar surface area (TPSA) is 47.5 Å². The molecule has 1 rings (SSSR count). The van der Waals surface area contributed by atoms with Crippen LogP contribution in [0.25, 0.3) is 0 Å². The fourth-order valence-corrected chi connectivity index (χ4v) is 1.80. The van der Waals surface area contributed by atoms with Crippen LogP contribution in [0.5, 0.6) is 0 Å². The van der Waals surface area contributed by atoms with Gasteiger partial charge in [0, 0.05) is 33.4 Å². The number of rotatable bonds is 8. The number of nitrogens with zero attached hydrogens (tertiary/aromatic N) is 3. The Balaban J connectivity index is 2.64. The zero-order valence-electron chi connectivity index (χ0n) is 11.7. The van der Waals surface area contributed by atoms with Crippen molar-refractivity contribution in [2.45, 2.75) is 26.6 Å². The zero-order chi connectivity index (χ0) is 13.4. The van der Waals surface area contributed by atoms with E-state index in [4.69, 9.17) is 9.47 Å². The van der Waals surface area contributed by atoms with Crippen molar-refractivity contribution in [3.05, 3.63) is 23.8 Å². The van der Waals surface area contributed by atoms with Gasteiger partial charge >= 0.3 is 0 Å². The lowest BCUT2D eigenvalue weighted by Crippen LogP contribution is -2.26. The molecule has 102 valence electrons. The number of likely N-dealkylation sites (N-methyl/N-ethyl adjacent to an activating group) is 1. The molecule has 0 aliphatic carbocycles. The quantitative estimate of drug-likeness (QED) is 0.659. The predicted octanol–water partition coefficient (Wildman–Crippen LogP) is 1.65. The van der Waals surface area contributed by atoms with Crippen LogP contribution in [0.4, 0.5) is 0 Å². The molecule has 1 aromatic rings. The van der Waals surface area contributed by atoms with Crippen molar-refractivity contribution in [3.63, 3.8) is 0 Å². The number of methoxy groups -OCH3 is 2. The first-order valence-corrected chi connectivity index (χ1v) is 6.34. The Hall–Kier alpha value is -1.04. The second-order valence-corrected chi connectivity index (χ2v) is 3.98. The third-order valence-electron chi connectivity index (χ3n) is 2.94. The van der Waals surface area contributed by atoms with Crippen LogP contribution in [-0.2, 0) is 15.9 Å². The monoisotopic (exact) mass is 253 g/mol. The fraction of sp³-hybridized carbons (Fsp3) is 0.692. The Morgan fingerprint density at radius 3 is 2.44 bits per heavy atom.